The number of nitrogens with one attached hydrogen (secondary N) is 1. The number of aromatic nitrogens is 2. The van der Waals surface area contributed by atoms with Crippen LogP contribution in [0.5, 0.6) is 0 Å². The van der Waals surface area contributed by atoms with Crippen LogP contribution in [0.1, 0.15) is 11.5 Å². The standard InChI is InChI=1S/C6H6ClN3/c1-4-2-3-9-6(10-4)5(7)8/h2-3,8H,1H3. The third kappa shape index (κ3) is 1.51. The number of aryl methyl sites for hydroxylation is 1. The molecular formula is C6H6ClN3. The SMILES string of the molecule is Cc1ccnc(C(=N)Cl)n1. The molecule has 0 amide bonds. The van der Waals surface area contributed by atoms with Gasteiger partial charge in [-0.3, -0.25) is 5.41 Å². The molecule has 0 fully saturated rings. The van der Waals surface area contributed by atoms with E-state index in [2.05, 4.69) is 9.97 Å². The first-order valence-corrected chi connectivity index (χ1v) is 3.12. The van der Waals surface area contributed by atoms with Gasteiger partial charge in [0.15, 0.2) is 11.0 Å². The van der Waals surface area contributed by atoms with E-state index < -0.39 is 0 Å². The maximum absolute atomic E-state index is 6.97. The van der Waals surface area contributed by atoms with Crippen molar-refractivity contribution in [3.63, 3.8) is 0 Å². The highest BCUT2D eigenvalue weighted by Crippen LogP contribution is 1.96. The van der Waals surface area contributed by atoms with E-state index in [1.807, 2.05) is 6.92 Å². The molecule has 1 aromatic rings. The zero-order chi connectivity index (χ0) is 7.56. The van der Waals surface area contributed by atoms with Gasteiger partial charge in [0.1, 0.15) is 0 Å². The first kappa shape index (κ1) is 7.15. The van der Waals surface area contributed by atoms with Crippen LogP contribution in [-0.2, 0) is 0 Å². The van der Waals surface area contributed by atoms with Gasteiger partial charge in [-0.2, -0.15) is 0 Å². The summed E-state index contributed by atoms with van der Waals surface area (Å²) >= 11 is 5.33. The van der Waals surface area contributed by atoms with Gasteiger partial charge in [-0.05, 0) is 13.0 Å². The summed E-state index contributed by atoms with van der Waals surface area (Å²) in [6.45, 7) is 1.82. The fourth-order valence-corrected chi connectivity index (χ4v) is 0.646. The van der Waals surface area contributed by atoms with Gasteiger partial charge in [-0.1, -0.05) is 11.6 Å². The minimum Gasteiger partial charge on any atom is -0.286 e. The minimum atomic E-state index is -0.122. The van der Waals surface area contributed by atoms with Crippen LogP contribution in [-0.4, -0.2) is 15.1 Å². The molecule has 0 unspecified atom stereocenters. The van der Waals surface area contributed by atoms with Crippen LogP contribution in [0.3, 0.4) is 0 Å². The second-order valence-corrected chi connectivity index (χ2v) is 2.21. The quantitative estimate of drug-likeness (QED) is 0.623. The number of halogens is 1. The molecule has 0 atom stereocenters. The molecule has 0 bridgehead atoms. The normalized spacial score (nSPS) is 9.40. The summed E-state index contributed by atoms with van der Waals surface area (Å²) in [5, 5.41) is 6.85. The summed E-state index contributed by atoms with van der Waals surface area (Å²) in [6.07, 6.45) is 1.58. The van der Waals surface area contributed by atoms with Crippen molar-refractivity contribution < 1.29 is 0 Å². The Labute approximate surface area is 63.6 Å². The Morgan fingerprint density at radius 2 is 2.40 bits per heavy atom. The average molecular weight is 156 g/mol. The fourth-order valence-electron chi connectivity index (χ4n) is 0.555. The predicted octanol–water partition coefficient (Wildman–Crippen LogP) is 1.35. The number of rotatable bonds is 1. The van der Waals surface area contributed by atoms with Gasteiger partial charge in [-0.25, -0.2) is 9.97 Å². The van der Waals surface area contributed by atoms with Gasteiger partial charge < -0.3 is 0 Å². The first-order valence-electron chi connectivity index (χ1n) is 2.74. The molecule has 4 heteroatoms. The van der Waals surface area contributed by atoms with Crippen molar-refractivity contribution in [2.45, 2.75) is 6.92 Å². The number of hydrogen-bond acceptors (Lipinski definition) is 3. The average Bonchev–Trinajstić information content (AvgIpc) is 1.88. The summed E-state index contributed by atoms with van der Waals surface area (Å²) in [5.74, 6) is 0.279. The maximum atomic E-state index is 6.97. The molecule has 10 heavy (non-hydrogen) atoms. The van der Waals surface area contributed by atoms with Gasteiger partial charge in [0.2, 0.25) is 0 Å². The molecule has 0 aliphatic rings. The Hall–Kier alpha value is -0.960. The molecule has 1 rings (SSSR count). The maximum Gasteiger partial charge on any atom is 0.189 e. The van der Waals surface area contributed by atoms with E-state index in [9.17, 15) is 0 Å². The Morgan fingerprint density at radius 1 is 1.70 bits per heavy atom. The second kappa shape index (κ2) is 2.75. The lowest BCUT2D eigenvalue weighted by Gasteiger charge is -1.93. The molecular weight excluding hydrogens is 150 g/mol. The molecule has 0 spiro atoms. The molecule has 1 heterocycles. The van der Waals surface area contributed by atoms with Crippen molar-refractivity contribution in [3.8, 4) is 0 Å². The number of hydrogen-bond donors (Lipinski definition) is 1. The topological polar surface area (TPSA) is 49.6 Å². The van der Waals surface area contributed by atoms with Gasteiger partial charge in [0.05, 0.1) is 0 Å². The largest absolute Gasteiger partial charge is 0.286 e. The van der Waals surface area contributed by atoms with Gasteiger partial charge in [0.25, 0.3) is 0 Å². The van der Waals surface area contributed by atoms with Crippen molar-refractivity contribution in [1.82, 2.24) is 9.97 Å². The monoisotopic (exact) mass is 155 g/mol. The lowest BCUT2D eigenvalue weighted by molar-refractivity contribution is 1.08. The molecule has 0 saturated carbocycles. The molecule has 52 valence electrons. The summed E-state index contributed by atoms with van der Waals surface area (Å²) in [7, 11) is 0. The molecule has 1 N–H and O–H groups in total. The molecule has 1 aromatic heterocycles. The molecule has 3 nitrogen and oxygen atoms in total. The van der Waals surface area contributed by atoms with Crippen molar-refractivity contribution in [1.29, 1.82) is 5.41 Å². The lowest BCUT2D eigenvalue weighted by Crippen LogP contribution is -1.98. The van der Waals surface area contributed by atoms with Crippen LogP contribution in [0.4, 0.5) is 0 Å². The summed E-state index contributed by atoms with van der Waals surface area (Å²) in [5.41, 5.74) is 0.815. The van der Waals surface area contributed by atoms with Crippen LogP contribution < -0.4 is 0 Å². The zero-order valence-electron chi connectivity index (χ0n) is 5.43. The van der Waals surface area contributed by atoms with Crippen LogP contribution in [0, 0.1) is 12.3 Å². The molecule has 0 aliphatic heterocycles. The smallest absolute Gasteiger partial charge is 0.189 e. The third-order valence-corrected chi connectivity index (χ3v) is 1.16. The highest BCUT2D eigenvalue weighted by atomic mass is 35.5. The van der Waals surface area contributed by atoms with E-state index >= 15 is 0 Å². The fraction of sp³-hybridized carbons (Fsp3) is 0.167. The van der Waals surface area contributed by atoms with Crippen LogP contribution >= 0.6 is 11.6 Å². The summed E-state index contributed by atoms with van der Waals surface area (Å²) in [4.78, 5) is 7.68. The molecule has 0 saturated heterocycles. The van der Waals surface area contributed by atoms with E-state index in [0.29, 0.717) is 0 Å². The van der Waals surface area contributed by atoms with Crippen molar-refractivity contribution in [2.75, 3.05) is 0 Å². The van der Waals surface area contributed by atoms with Crippen LogP contribution in [0.2, 0.25) is 0 Å². The molecule has 0 radical (unpaired) electrons. The minimum absolute atomic E-state index is 0.122. The first-order chi connectivity index (χ1) is 4.70. The Bertz CT molecular complexity index is 259. The van der Waals surface area contributed by atoms with Gasteiger partial charge in [0, 0.05) is 11.9 Å². The Morgan fingerprint density at radius 3 is 2.80 bits per heavy atom. The molecule has 0 aliphatic carbocycles. The highest BCUT2D eigenvalue weighted by Gasteiger charge is 1.98. The van der Waals surface area contributed by atoms with Crippen molar-refractivity contribution in [2.24, 2.45) is 0 Å². The Balaban J connectivity index is 3.07. The second-order valence-electron chi connectivity index (χ2n) is 1.84. The van der Waals surface area contributed by atoms with Crippen molar-refractivity contribution >= 4 is 16.8 Å². The van der Waals surface area contributed by atoms with E-state index in [-0.39, 0.29) is 11.0 Å². The van der Waals surface area contributed by atoms with E-state index in [0.717, 1.165) is 5.69 Å². The van der Waals surface area contributed by atoms with E-state index in [1.54, 1.807) is 12.3 Å². The van der Waals surface area contributed by atoms with E-state index in [1.165, 1.54) is 0 Å². The highest BCUT2D eigenvalue weighted by molar-refractivity contribution is 6.68. The zero-order valence-corrected chi connectivity index (χ0v) is 6.18. The Kier molecular flexibility index (Phi) is 1.97. The molecule has 0 aromatic carbocycles. The summed E-state index contributed by atoms with van der Waals surface area (Å²) in [6, 6.07) is 1.75. The predicted molar refractivity (Wildman–Crippen MR) is 39.5 cm³/mol. The number of nitrogens with zero attached hydrogens (tertiary/aromatic N) is 2. The van der Waals surface area contributed by atoms with Crippen molar-refractivity contribution in [3.05, 3.63) is 23.8 Å². The van der Waals surface area contributed by atoms with Gasteiger partial charge >= 0.3 is 0 Å². The van der Waals surface area contributed by atoms with E-state index in [4.69, 9.17) is 17.0 Å². The third-order valence-electron chi connectivity index (χ3n) is 0.991. The summed E-state index contributed by atoms with van der Waals surface area (Å²) < 4.78 is 0. The lowest BCUT2D eigenvalue weighted by atomic mass is 10.4. The van der Waals surface area contributed by atoms with Crippen LogP contribution in [0.15, 0.2) is 12.3 Å². The van der Waals surface area contributed by atoms with Gasteiger partial charge in [-0.15, -0.1) is 0 Å². The van der Waals surface area contributed by atoms with Crippen LogP contribution in [0.25, 0.3) is 0 Å².